The van der Waals surface area contributed by atoms with Crippen LogP contribution in [0.2, 0.25) is 0 Å². The van der Waals surface area contributed by atoms with Crippen molar-refractivity contribution in [3.8, 4) is 5.75 Å². The number of nitro benzene ring substituents is 1. The van der Waals surface area contributed by atoms with Crippen LogP contribution in [0.1, 0.15) is 23.5 Å². The third kappa shape index (κ3) is 3.17. The number of nitro groups is 1. The van der Waals surface area contributed by atoms with Crippen LogP contribution in [-0.4, -0.2) is 37.8 Å². The number of ether oxygens (including phenoxy) is 1. The summed E-state index contributed by atoms with van der Waals surface area (Å²) >= 11 is 0. The highest BCUT2D eigenvalue weighted by atomic mass is 32.2. The summed E-state index contributed by atoms with van der Waals surface area (Å²) in [6, 6.07) is 11.7. The van der Waals surface area contributed by atoms with Gasteiger partial charge in [-0.25, -0.2) is 8.42 Å². The van der Waals surface area contributed by atoms with Crippen molar-refractivity contribution in [2.75, 3.05) is 20.2 Å². The lowest BCUT2D eigenvalue weighted by Gasteiger charge is -2.19. The van der Waals surface area contributed by atoms with Crippen molar-refractivity contribution in [3.05, 3.63) is 63.7 Å². The Morgan fingerprint density at radius 2 is 1.92 bits per heavy atom. The molecule has 26 heavy (non-hydrogen) atoms. The van der Waals surface area contributed by atoms with E-state index in [0.717, 1.165) is 11.3 Å². The Hall–Kier alpha value is -2.45. The quantitative estimate of drug-likeness (QED) is 0.591. The smallest absolute Gasteiger partial charge is 0.273 e. The van der Waals surface area contributed by atoms with Crippen LogP contribution in [0.5, 0.6) is 5.75 Å². The first-order chi connectivity index (χ1) is 12.4. The van der Waals surface area contributed by atoms with E-state index >= 15 is 0 Å². The summed E-state index contributed by atoms with van der Waals surface area (Å²) in [4.78, 5) is 10.5. The standard InChI is InChI=1S/C18H20N2O5S/c1-13-16(20(21)22)7-5-9-18(13)26(23,24)19-11-10-14(12-19)15-6-3-4-8-17(15)25-2/h3-9,14H,10-12H2,1-2H3. The summed E-state index contributed by atoms with van der Waals surface area (Å²) in [7, 11) is -2.21. The molecular formula is C18H20N2O5S. The maximum atomic E-state index is 13.0. The monoisotopic (exact) mass is 376 g/mol. The molecule has 0 N–H and O–H groups in total. The van der Waals surface area contributed by atoms with Crippen molar-refractivity contribution < 1.29 is 18.1 Å². The number of hydrogen-bond acceptors (Lipinski definition) is 5. The van der Waals surface area contributed by atoms with Gasteiger partial charge in [0, 0.05) is 30.6 Å². The zero-order valence-electron chi connectivity index (χ0n) is 14.6. The van der Waals surface area contributed by atoms with Crippen LogP contribution < -0.4 is 4.74 Å². The molecule has 0 amide bonds. The summed E-state index contributed by atoms with van der Waals surface area (Å²) in [6.45, 7) is 2.16. The summed E-state index contributed by atoms with van der Waals surface area (Å²) in [5.74, 6) is 0.767. The predicted molar refractivity (Wildman–Crippen MR) is 96.9 cm³/mol. The van der Waals surface area contributed by atoms with E-state index in [9.17, 15) is 18.5 Å². The molecule has 1 unspecified atom stereocenters. The van der Waals surface area contributed by atoms with Crippen LogP contribution in [0.4, 0.5) is 5.69 Å². The van der Waals surface area contributed by atoms with Crippen LogP contribution in [0.3, 0.4) is 0 Å². The maximum Gasteiger partial charge on any atom is 0.273 e. The molecule has 0 spiro atoms. The second-order valence-corrected chi connectivity index (χ2v) is 8.15. The van der Waals surface area contributed by atoms with Crippen molar-refractivity contribution >= 4 is 15.7 Å². The minimum atomic E-state index is -3.80. The highest BCUT2D eigenvalue weighted by molar-refractivity contribution is 7.89. The van der Waals surface area contributed by atoms with Crippen LogP contribution in [-0.2, 0) is 10.0 Å². The third-order valence-electron chi connectivity index (χ3n) is 4.80. The molecule has 7 nitrogen and oxygen atoms in total. The van der Waals surface area contributed by atoms with Gasteiger partial charge in [0.25, 0.3) is 5.69 Å². The zero-order chi connectivity index (χ0) is 18.9. The van der Waals surface area contributed by atoms with Crippen molar-refractivity contribution in [1.82, 2.24) is 4.31 Å². The van der Waals surface area contributed by atoms with Crippen LogP contribution in [0, 0.1) is 17.0 Å². The molecule has 1 atom stereocenters. The molecule has 0 aromatic heterocycles. The van der Waals surface area contributed by atoms with Gasteiger partial charge in [-0.05, 0) is 31.0 Å². The number of sulfonamides is 1. The van der Waals surface area contributed by atoms with E-state index < -0.39 is 14.9 Å². The first-order valence-electron chi connectivity index (χ1n) is 8.23. The van der Waals surface area contributed by atoms with E-state index in [4.69, 9.17) is 4.74 Å². The number of nitrogens with zero attached hydrogens (tertiary/aromatic N) is 2. The molecule has 2 aromatic carbocycles. The second-order valence-electron chi connectivity index (χ2n) is 6.25. The molecule has 8 heteroatoms. The van der Waals surface area contributed by atoms with Gasteiger partial charge >= 0.3 is 0 Å². The Kier molecular flexibility index (Phi) is 4.97. The van der Waals surface area contributed by atoms with E-state index in [2.05, 4.69) is 0 Å². The fourth-order valence-corrected chi connectivity index (χ4v) is 5.17. The Bertz CT molecular complexity index is 942. The maximum absolute atomic E-state index is 13.0. The number of hydrogen-bond donors (Lipinski definition) is 0. The largest absolute Gasteiger partial charge is 0.496 e. The molecule has 0 radical (unpaired) electrons. The van der Waals surface area contributed by atoms with Crippen LogP contribution in [0.25, 0.3) is 0 Å². The highest BCUT2D eigenvalue weighted by Gasteiger charge is 2.36. The van der Waals surface area contributed by atoms with Crippen molar-refractivity contribution in [3.63, 3.8) is 0 Å². The molecule has 3 rings (SSSR count). The lowest BCUT2D eigenvalue weighted by atomic mass is 9.97. The minimum absolute atomic E-state index is 0.00706. The molecule has 0 saturated carbocycles. The zero-order valence-corrected chi connectivity index (χ0v) is 15.4. The average molecular weight is 376 g/mol. The number of para-hydroxylation sites is 1. The Morgan fingerprint density at radius 1 is 1.19 bits per heavy atom. The van der Waals surface area contributed by atoms with Gasteiger partial charge in [-0.1, -0.05) is 24.3 Å². The lowest BCUT2D eigenvalue weighted by Crippen LogP contribution is -2.29. The van der Waals surface area contributed by atoms with Gasteiger partial charge in [0.15, 0.2) is 0 Å². The fourth-order valence-electron chi connectivity index (χ4n) is 3.42. The molecule has 1 aliphatic heterocycles. The molecule has 1 aliphatic rings. The lowest BCUT2D eigenvalue weighted by molar-refractivity contribution is -0.385. The Balaban J connectivity index is 1.91. The van der Waals surface area contributed by atoms with E-state index in [1.54, 1.807) is 7.11 Å². The second kappa shape index (κ2) is 7.05. The molecule has 0 bridgehead atoms. The molecule has 2 aromatic rings. The van der Waals surface area contributed by atoms with E-state index in [1.165, 1.54) is 29.4 Å². The van der Waals surface area contributed by atoms with E-state index in [-0.39, 0.29) is 22.1 Å². The normalized spacial score (nSPS) is 18.0. The van der Waals surface area contributed by atoms with Gasteiger partial charge in [-0.15, -0.1) is 0 Å². The van der Waals surface area contributed by atoms with Gasteiger partial charge < -0.3 is 4.74 Å². The summed E-state index contributed by atoms with van der Waals surface area (Å²) < 4.78 is 32.8. The van der Waals surface area contributed by atoms with Gasteiger partial charge in [-0.2, -0.15) is 4.31 Å². The highest BCUT2D eigenvalue weighted by Crippen LogP contribution is 2.36. The molecular weight excluding hydrogens is 356 g/mol. The number of rotatable bonds is 5. The first-order valence-corrected chi connectivity index (χ1v) is 9.67. The third-order valence-corrected chi connectivity index (χ3v) is 6.81. The molecule has 1 saturated heterocycles. The SMILES string of the molecule is COc1ccccc1C1CCN(S(=O)(=O)c2cccc([N+](=O)[O-])c2C)C1. The molecule has 1 fully saturated rings. The first kappa shape index (κ1) is 18.3. The fraction of sp³-hybridized carbons (Fsp3) is 0.333. The van der Waals surface area contributed by atoms with Gasteiger partial charge in [-0.3, -0.25) is 10.1 Å². The summed E-state index contributed by atoms with van der Waals surface area (Å²) in [6.07, 6.45) is 0.674. The molecule has 0 aliphatic carbocycles. The van der Waals surface area contributed by atoms with Crippen molar-refractivity contribution in [2.24, 2.45) is 0 Å². The number of benzene rings is 2. The summed E-state index contributed by atoms with van der Waals surface area (Å²) in [5.41, 5.74) is 0.952. The molecule has 138 valence electrons. The predicted octanol–water partition coefficient (Wildman–Crippen LogP) is 3.09. The van der Waals surface area contributed by atoms with Crippen LogP contribution in [0.15, 0.2) is 47.4 Å². The average Bonchev–Trinajstić information content (AvgIpc) is 3.12. The van der Waals surface area contributed by atoms with E-state index in [0.29, 0.717) is 19.5 Å². The number of methoxy groups -OCH3 is 1. The van der Waals surface area contributed by atoms with Gasteiger partial charge in [0.2, 0.25) is 10.0 Å². The van der Waals surface area contributed by atoms with Gasteiger partial charge in [0.1, 0.15) is 5.75 Å². The topological polar surface area (TPSA) is 89.8 Å². The Labute approximate surface area is 152 Å². The molecule has 1 heterocycles. The summed E-state index contributed by atoms with van der Waals surface area (Å²) in [5, 5.41) is 11.1. The van der Waals surface area contributed by atoms with Crippen molar-refractivity contribution in [2.45, 2.75) is 24.2 Å². The van der Waals surface area contributed by atoms with Crippen LogP contribution >= 0.6 is 0 Å². The van der Waals surface area contributed by atoms with Crippen molar-refractivity contribution in [1.29, 1.82) is 0 Å². The van der Waals surface area contributed by atoms with Gasteiger partial charge in [0.05, 0.1) is 16.9 Å². The minimum Gasteiger partial charge on any atom is -0.496 e. The Morgan fingerprint density at radius 3 is 2.62 bits per heavy atom. The van der Waals surface area contributed by atoms with E-state index in [1.807, 2.05) is 24.3 Å².